The van der Waals surface area contributed by atoms with E-state index < -0.39 is 0 Å². The summed E-state index contributed by atoms with van der Waals surface area (Å²) in [5, 5.41) is 6.32. The van der Waals surface area contributed by atoms with Crippen molar-refractivity contribution in [2.75, 3.05) is 0 Å². The molecule has 1 aliphatic carbocycles. The molecule has 0 bridgehead atoms. The molecule has 2 aliphatic heterocycles. The van der Waals surface area contributed by atoms with Gasteiger partial charge in [-0.25, -0.2) is 4.99 Å². The van der Waals surface area contributed by atoms with E-state index in [2.05, 4.69) is 27.8 Å². The van der Waals surface area contributed by atoms with Crippen molar-refractivity contribution in [1.29, 1.82) is 0 Å². The lowest BCUT2D eigenvalue weighted by molar-refractivity contribution is -0.120. The highest BCUT2D eigenvalue weighted by Crippen LogP contribution is 2.23. The largest absolute Gasteiger partial charge is 0.370 e. The number of aliphatic imine (C=N–C) groups is 1. The van der Waals surface area contributed by atoms with Gasteiger partial charge >= 0.3 is 0 Å². The highest BCUT2D eigenvalue weighted by molar-refractivity contribution is 6.06. The summed E-state index contributed by atoms with van der Waals surface area (Å²) in [5.41, 5.74) is 0.934. The normalized spacial score (nSPS) is 29.5. The van der Waals surface area contributed by atoms with Crippen molar-refractivity contribution in [3.05, 3.63) is 36.7 Å². The monoisotopic (exact) mass is 257 g/mol. The number of amides is 1. The first kappa shape index (κ1) is 12.2. The lowest BCUT2D eigenvalue weighted by atomic mass is 9.95. The molecule has 4 nitrogen and oxygen atoms in total. The van der Waals surface area contributed by atoms with Gasteiger partial charge in [-0.05, 0) is 31.3 Å². The Kier molecular flexibility index (Phi) is 3.49. The van der Waals surface area contributed by atoms with E-state index in [1.165, 1.54) is 6.42 Å². The van der Waals surface area contributed by atoms with E-state index in [1.807, 2.05) is 24.6 Å². The van der Waals surface area contributed by atoms with Crippen LogP contribution in [-0.2, 0) is 4.79 Å². The molecule has 19 heavy (non-hydrogen) atoms. The van der Waals surface area contributed by atoms with Gasteiger partial charge in [0.25, 0.3) is 5.91 Å². The van der Waals surface area contributed by atoms with E-state index in [0.717, 1.165) is 25.0 Å². The van der Waals surface area contributed by atoms with Crippen molar-refractivity contribution in [2.45, 2.75) is 31.8 Å². The van der Waals surface area contributed by atoms with Crippen molar-refractivity contribution in [3.8, 4) is 0 Å². The van der Waals surface area contributed by atoms with Crippen LogP contribution >= 0.6 is 0 Å². The maximum absolute atomic E-state index is 12.0. The number of nitrogens with zero attached hydrogens (tertiary/aromatic N) is 1. The topological polar surface area (TPSA) is 53.5 Å². The average Bonchev–Trinajstić information content (AvgIpc) is 3.05. The van der Waals surface area contributed by atoms with Gasteiger partial charge in [0.1, 0.15) is 0 Å². The summed E-state index contributed by atoms with van der Waals surface area (Å²) in [6, 6.07) is 0. The molecule has 3 aliphatic rings. The Bertz CT molecular complexity index is 468. The Morgan fingerprint density at radius 2 is 2.11 bits per heavy atom. The first-order chi connectivity index (χ1) is 9.31. The van der Waals surface area contributed by atoms with Crippen molar-refractivity contribution < 1.29 is 4.79 Å². The zero-order chi connectivity index (χ0) is 13.1. The zero-order valence-electron chi connectivity index (χ0n) is 10.9. The van der Waals surface area contributed by atoms with Gasteiger partial charge in [0, 0.05) is 24.5 Å². The van der Waals surface area contributed by atoms with Crippen molar-refractivity contribution in [3.63, 3.8) is 0 Å². The molecule has 1 amide bonds. The molecular formula is C15H19N3O. The number of dihydropyridines is 1. The molecule has 2 heterocycles. The second kappa shape index (κ2) is 5.43. The van der Waals surface area contributed by atoms with Gasteiger partial charge < -0.3 is 10.6 Å². The van der Waals surface area contributed by atoms with Crippen LogP contribution in [0.15, 0.2) is 41.7 Å². The van der Waals surface area contributed by atoms with Gasteiger partial charge in [0.2, 0.25) is 0 Å². The molecule has 0 aromatic carbocycles. The predicted molar refractivity (Wildman–Crippen MR) is 75.4 cm³/mol. The van der Waals surface area contributed by atoms with Crippen LogP contribution < -0.4 is 10.6 Å². The maximum atomic E-state index is 12.0. The molecule has 0 saturated heterocycles. The molecular weight excluding hydrogens is 238 g/mol. The molecule has 4 heteroatoms. The van der Waals surface area contributed by atoms with Crippen LogP contribution in [0.25, 0.3) is 0 Å². The van der Waals surface area contributed by atoms with Crippen LogP contribution in [0.4, 0.5) is 0 Å². The molecule has 0 aromatic rings. The summed E-state index contributed by atoms with van der Waals surface area (Å²) in [7, 11) is 0. The molecule has 2 N–H and O–H groups in total. The number of carbonyl (C=O) groups is 1. The lowest BCUT2D eigenvalue weighted by Gasteiger charge is -2.19. The summed E-state index contributed by atoms with van der Waals surface area (Å²) in [5.74, 6) is 0.456. The number of hydrogen-bond acceptors (Lipinski definition) is 3. The molecule has 0 radical (unpaired) electrons. The third-order valence-electron chi connectivity index (χ3n) is 3.84. The molecule has 0 aromatic heterocycles. The number of nitrogens with one attached hydrogen (secondary N) is 2. The lowest BCUT2D eigenvalue weighted by Crippen LogP contribution is -2.35. The van der Waals surface area contributed by atoms with Crippen LogP contribution in [0.5, 0.6) is 0 Å². The van der Waals surface area contributed by atoms with E-state index in [1.54, 1.807) is 0 Å². The fourth-order valence-corrected chi connectivity index (χ4v) is 2.76. The quantitative estimate of drug-likeness (QED) is 0.756. The molecule has 0 saturated carbocycles. The first-order valence-electron chi connectivity index (χ1n) is 6.94. The average molecular weight is 257 g/mol. The van der Waals surface area contributed by atoms with E-state index in [4.69, 9.17) is 0 Å². The van der Waals surface area contributed by atoms with Gasteiger partial charge in [-0.3, -0.25) is 4.79 Å². The van der Waals surface area contributed by atoms with E-state index in [9.17, 15) is 4.79 Å². The first-order valence-corrected chi connectivity index (χ1v) is 6.94. The molecule has 0 spiro atoms. The molecule has 100 valence electrons. The van der Waals surface area contributed by atoms with Crippen molar-refractivity contribution >= 4 is 11.6 Å². The zero-order valence-corrected chi connectivity index (χ0v) is 10.9. The Morgan fingerprint density at radius 1 is 1.26 bits per heavy atom. The number of allylic oxidation sites excluding steroid dienone is 3. The number of rotatable bonds is 4. The van der Waals surface area contributed by atoms with Gasteiger partial charge in [0.15, 0.2) is 0 Å². The third kappa shape index (κ3) is 2.95. The van der Waals surface area contributed by atoms with Crippen molar-refractivity contribution in [2.24, 2.45) is 16.8 Å². The summed E-state index contributed by atoms with van der Waals surface area (Å²) < 4.78 is 0. The predicted octanol–water partition coefficient (Wildman–Crippen LogP) is 1.88. The maximum Gasteiger partial charge on any atom is 0.252 e. The second-order valence-electron chi connectivity index (χ2n) is 5.33. The minimum Gasteiger partial charge on any atom is -0.370 e. The summed E-state index contributed by atoms with van der Waals surface area (Å²) in [6.45, 7) is 0. The number of hydrogen-bond donors (Lipinski definition) is 2. The van der Waals surface area contributed by atoms with Crippen molar-refractivity contribution in [1.82, 2.24) is 10.6 Å². The van der Waals surface area contributed by atoms with Gasteiger partial charge in [-0.1, -0.05) is 18.2 Å². The molecule has 2 unspecified atom stereocenters. The molecule has 3 rings (SSSR count). The SMILES string of the molecule is O=C1N=C(CC2C=CCC2)C=CC1CC1NC=CN1. The second-order valence-corrected chi connectivity index (χ2v) is 5.33. The van der Waals surface area contributed by atoms with E-state index in [-0.39, 0.29) is 18.0 Å². The Labute approximate surface area is 113 Å². The summed E-state index contributed by atoms with van der Waals surface area (Å²) in [4.78, 5) is 16.3. The fraction of sp³-hybridized carbons (Fsp3) is 0.467. The van der Waals surface area contributed by atoms with Crippen LogP contribution in [0.3, 0.4) is 0 Å². The van der Waals surface area contributed by atoms with Gasteiger partial charge in [-0.2, -0.15) is 0 Å². The van der Waals surface area contributed by atoms with Crippen LogP contribution in [-0.4, -0.2) is 17.8 Å². The summed E-state index contributed by atoms with van der Waals surface area (Å²) in [6.07, 6.45) is 16.3. The Hall–Kier alpha value is -1.84. The minimum absolute atomic E-state index is 0.00465. The standard InChI is InChI=1S/C15H19N3O/c19-15-12(10-14-16-7-8-17-14)5-6-13(18-15)9-11-3-1-2-4-11/h1,3,5-8,11-12,14,16-17H,2,4,9-10H2. The summed E-state index contributed by atoms with van der Waals surface area (Å²) >= 11 is 0. The molecule has 0 fully saturated rings. The van der Waals surface area contributed by atoms with E-state index >= 15 is 0 Å². The van der Waals surface area contributed by atoms with Gasteiger partial charge in [0.05, 0.1) is 12.1 Å². The van der Waals surface area contributed by atoms with Crippen LogP contribution in [0.2, 0.25) is 0 Å². The highest BCUT2D eigenvalue weighted by atomic mass is 16.1. The Morgan fingerprint density at radius 3 is 2.79 bits per heavy atom. The molecule has 2 atom stereocenters. The van der Waals surface area contributed by atoms with E-state index in [0.29, 0.717) is 5.92 Å². The third-order valence-corrected chi connectivity index (χ3v) is 3.84. The Balaban J connectivity index is 1.55. The fourth-order valence-electron chi connectivity index (χ4n) is 2.76. The van der Waals surface area contributed by atoms with Crippen LogP contribution in [0.1, 0.15) is 25.7 Å². The highest BCUT2D eigenvalue weighted by Gasteiger charge is 2.24. The number of carbonyl (C=O) groups excluding carboxylic acids is 1. The van der Waals surface area contributed by atoms with Gasteiger partial charge in [-0.15, -0.1) is 0 Å². The van der Waals surface area contributed by atoms with Crippen LogP contribution in [0, 0.1) is 11.8 Å². The smallest absolute Gasteiger partial charge is 0.252 e. The minimum atomic E-state index is -0.104.